The first kappa shape index (κ1) is 19.5. The molecule has 2 fully saturated rings. The van der Waals surface area contributed by atoms with Gasteiger partial charge in [0.15, 0.2) is 0 Å². The van der Waals surface area contributed by atoms with Crippen molar-refractivity contribution in [2.75, 3.05) is 13.1 Å². The van der Waals surface area contributed by atoms with Gasteiger partial charge in [0, 0.05) is 24.0 Å². The number of likely N-dealkylation sites (tertiary alicyclic amines) is 1. The molecule has 5 nitrogen and oxygen atoms in total. The highest BCUT2D eigenvalue weighted by molar-refractivity contribution is 7.17. The van der Waals surface area contributed by atoms with Gasteiger partial charge in [0.05, 0.1) is 11.7 Å². The Labute approximate surface area is 180 Å². The van der Waals surface area contributed by atoms with Gasteiger partial charge in [-0.25, -0.2) is 4.98 Å². The Bertz CT molecular complexity index is 1130. The summed E-state index contributed by atoms with van der Waals surface area (Å²) < 4.78 is 1.49. The molecule has 3 heterocycles. The van der Waals surface area contributed by atoms with Crippen LogP contribution in [0.1, 0.15) is 37.7 Å². The number of benzene rings is 1. The quantitative estimate of drug-likeness (QED) is 0.627. The molecule has 3 aromatic rings. The van der Waals surface area contributed by atoms with Crippen molar-refractivity contribution in [1.29, 1.82) is 0 Å². The highest BCUT2D eigenvalue weighted by Crippen LogP contribution is 2.36. The number of fused-ring (bicyclic) bond motifs is 2. The van der Waals surface area contributed by atoms with Crippen LogP contribution in [0.2, 0.25) is 0 Å². The lowest BCUT2D eigenvalue weighted by atomic mass is 9.75. The number of aromatic nitrogens is 2. The van der Waals surface area contributed by atoms with Crippen LogP contribution in [-0.2, 0) is 11.3 Å². The molecule has 1 amide bonds. The second-order valence-electron chi connectivity index (χ2n) is 8.81. The van der Waals surface area contributed by atoms with E-state index in [9.17, 15) is 9.59 Å². The molecule has 5 rings (SSSR count). The number of amides is 1. The second-order valence-corrected chi connectivity index (χ2v) is 9.66. The predicted octanol–water partition coefficient (Wildman–Crippen LogP) is 4.47. The Hall–Kier alpha value is -2.47. The molecule has 6 heteroatoms. The Morgan fingerprint density at radius 3 is 2.70 bits per heavy atom. The molecule has 156 valence electrons. The minimum atomic E-state index is -0.127. The van der Waals surface area contributed by atoms with E-state index in [0.29, 0.717) is 11.3 Å². The van der Waals surface area contributed by atoms with E-state index >= 15 is 0 Å². The van der Waals surface area contributed by atoms with Crippen LogP contribution in [0.25, 0.3) is 21.3 Å². The van der Waals surface area contributed by atoms with Crippen molar-refractivity contribution in [3.8, 4) is 11.1 Å². The van der Waals surface area contributed by atoms with Gasteiger partial charge in [-0.3, -0.25) is 14.2 Å². The molecule has 2 aromatic heterocycles. The summed E-state index contributed by atoms with van der Waals surface area (Å²) in [6.07, 6.45) is 7.79. The summed E-state index contributed by atoms with van der Waals surface area (Å²) in [7, 11) is 0. The van der Waals surface area contributed by atoms with Gasteiger partial charge in [-0.1, -0.05) is 49.1 Å². The summed E-state index contributed by atoms with van der Waals surface area (Å²) >= 11 is 1.48. The first-order valence-corrected chi connectivity index (χ1v) is 11.8. The van der Waals surface area contributed by atoms with E-state index in [4.69, 9.17) is 0 Å². The summed E-state index contributed by atoms with van der Waals surface area (Å²) in [5, 5.41) is 2.61. The summed E-state index contributed by atoms with van der Waals surface area (Å²) in [5.74, 6) is 1.46. The summed E-state index contributed by atoms with van der Waals surface area (Å²) in [6.45, 7) is 3.78. The minimum absolute atomic E-state index is 0.0365. The zero-order valence-corrected chi connectivity index (χ0v) is 18.2. The maximum absolute atomic E-state index is 13.3. The van der Waals surface area contributed by atoms with Crippen LogP contribution in [0.3, 0.4) is 0 Å². The molecule has 0 bridgehead atoms. The van der Waals surface area contributed by atoms with E-state index in [0.717, 1.165) is 41.4 Å². The fraction of sp³-hybridized carbons (Fsp3) is 0.458. The lowest BCUT2D eigenvalue weighted by Gasteiger charge is -2.41. The maximum Gasteiger partial charge on any atom is 0.263 e. The normalized spacial score (nSPS) is 21.6. The van der Waals surface area contributed by atoms with E-state index in [1.54, 1.807) is 0 Å². The van der Waals surface area contributed by atoms with Crippen LogP contribution in [0.4, 0.5) is 0 Å². The maximum atomic E-state index is 13.3. The number of rotatable bonds is 3. The van der Waals surface area contributed by atoms with Crippen molar-refractivity contribution in [2.24, 2.45) is 11.8 Å². The first-order valence-electron chi connectivity index (χ1n) is 10.9. The fourth-order valence-electron chi connectivity index (χ4n) is 5.10. The Kier molecular flexibility index (Phi) is 5.19. The average molecular weight is 422 g/mol. The standard InChI is InChI=1S/C24H27N3O2S/c1-16-6-8-18(9-7-16)20-14-30-23-22(20)24(29)27(15-25-23)13-21(28)26-11-10-17-4-2-3-5-19(17)12-26/h6-9,14-15,17,19H,2-5,10-13H2,1H3/t17-,19-/m1/s1. The number of carbonyl (C=O) groups is 1. The second kappa shape index (κ2) is 7.99. The lowest BCUT2D eigenvalue weighted by Crippen LogP contribution is -2.46. The van der Waals surface area contributed by atoms with Gasteiger partial charge < -0.3 is 4.90 Å². The van der Waals surface area contributed by atoms with Crippen LogP contribution in [0, 0.1) is 18.8 Å². The molecule has 0 radical (unpaired) electrons. The number of carbonyl (C=O) groups excluding carboxylic acids is 1. The van der Waals surface area contributed by atoms with Gasteiger partial charge in [0.2, 0.25) is 5.91 Å². The number of piperidine rings is 1. The van der Waals surface area contributed by atoms with Crippen molar-refractivity contribution in [3.63, 3.8) is 0 Å². The number of thiophene rings is 1. The zero-order valence-electron chi connectivity index (χ0n) is 17.3. The van der Waals surface area contributed by atoms with Crippen LogP contribution in [0.5, 0.6) is 0 Å². The molecule has 0 N–H and O–H groups in total. The monoisotopic (exact) mass is 421 g/mol. The van der Waals surface area contributed by atoms with Crippen molar-refractivity contribution < 1.29 is 4.79 Å². The van der Waals surface area contributed by atoms with Crippen molar-refractivity contribution >= 4 is 27.5 Å². The summed E-state index contributed by atoms with van der Waals surface area (Å²) in [6, 6.07) is 8.17. The van der Waals surface area contributed by atoms with Crippen LogP contribution in [0.15, 0.2) is 40.8 Å². The molecule has 1 saturated carbocycles. The van der Waals surface area contributed by atoms with Crippen molar-refractivity contribution in [1.82, 2.24) is 14.5 Å². The highest BCUT2D eigenvalue weighted by Gasteiger charge is 2.33. The number of aryl methyl sites for hydroxylation is 1. The van der Waals surface area contributed by atoms with Gasteiger partial charge in [0.25, 0.3) is 5.56 Å². The van der Waals surface area contributed by atoms with E-state index in [2.05, 4.69) is 4.98 Å². The smallest absolute Gasteiger partial charge is 0.263 e. The van der Waals surface area contributed by atoms with Gasteiger partial charge in [0.1, 0.15) is 11.4 Å². The van der Waals surface area contributed by atoms with Gasteiger partial charge in [-0.05, 0) is 37.2 Å². The lowest BCUT2D eigenvalue weighted by molar-refractivity contribution is -0.135. The number of hydrogen-bond acceptors (Lipinski definition) is 4. The van der Waals surface area contributed by atoms with E-state index in [1.165, 1.54) is 53.5 Å². The molecule has 1 aromatic carbocycles. The Balaban J connectivity index is 1.40. The zero-order chi connectivity index (χ0) is 20.7. The van der Waals surface area contributed by atoms with Gasteiger partial charge >= 0.3 is 0 Å². The molecule has 1 saturated heterocycles. The SMILES string of the molecule is Cc1ccc(-c2csc3ncn(CC(=O)N4CC[C@H]5CCCC[C@@H]5C4)c(=O)c23)cc1. The third-order valence-electron chi connectivity index (χ3n) is 6.87. The van der Waals surface area contributed by atoms with E-state index < -0.39 is 0 Å². The molecule has 0 spiro atoms. The minimum Gasteiger partial charge on any atom is -0.341 e. The van der Waals surface area contributed by atoms with Crippen molar-refractivity contribution in [2.45, 2.75) is 45.6 Å². The third kappa shape index (κ3) is 3.58. The molecule has 2 aliphatic rings. The molecular weight excluding hydrogens is 394 g/mol. The van der Waals surface area contributed by atoms with Crippen LogP contribution < -0.4 is 5.56 Å². The Morgan fingerprint density at radius 2 is 1.90 bits per heavy atom. The average Bonchev–Trinajstić information content (AvgIpc) is 3.21. The van der Waals surface area contributed by atoms with Gasteiger partial charge in [-0.2, -0.15) is 0 Å². The summed E-state index contributed by atoms with van der Waals surface area (Å²) in [5.41, 5.74) is 2.96. The topological polar surface area (TPSA) is 55.2 Å². The molecular formula is C24H27N3O2S. The van der Waals surface area contributed by atoms with Gasteiger partial charge in [-0.15, -0.1) is 11.3 Å². The third-order valence-corrected chi connectivity index (χ3v) is 7.76. The predicted molar refractivity (Wildman–Crippen MR) is 121 cm³/mol. The number of nitrogens with zero attached hydrogens (tertiary/aromatic N) is 3. The summed E-state index contributed by atoms with van der Waals surface area (Å²) in [4.78, 5) is 33.4. The van der Waals surface area contributed by atoms with E-state index in [1.807, 2.05) is 41.5 Å². The molecule has 30 heavy (non-hydrogen) atoms. The highest BCUT2D eigenvalue weighted by atomic mass is 32.1. The number of hydrogen-bond donors (Lipinski definition) is 0. The Morgan fingerprint density at radius 1 is 1.13 bits per heavy atom. The first-order chi connectivity index (χ1) is 14.6. The van der Waals surface area contributed by atoms with Crippen LogP contribution >= 0.6 is 11.3 Å². The van der Waals surface area contributed by atoms with Crippen molar-refractivity contribution in [3.05, 3.63) is 51.9 Å². The molecule has 1 aliphatic heterocycles. The molecule has 2 atom stereocenters. The van der Waals surface area contributed by atoms with E-state index in [-0.39, 0.29) is 18.0 Å². The largest absolute Gasteiger partial charge is 0.341 e. The fourth-order valence-corrected chi connectivity index (χ4v) is 6.01. The molecule has 0 unspecified atom stereocenters. The van der Waals surface area contributed by atoms with Crippen LogP contribution in [-0.4, -0.2) is 33.4 Å². The molecule has 1 aliphatic carbocycles.